The van der Waals surface area contributed by atoms with Gasteiger partial charge in [0.2, 0.25) is 0 Å². The van der Waals surface area contributed by atoms with Gasteiger partial charge in [0.1, 0.15) is 6.61 Å². The van der Waals surface area contributed by atoms with Crippen molar-refractivity contribution in [3.63, 3.8) is 0 Å². The molecule has 2 bridgehead atoms. The predicted octanol–water partition coefficient (Wildman–Crippen LogP) is 2.90. The molecule has 0 aromatic heterocycles. The zero-order valence-electron chi connectivity index (χ0n) is 13.9. The number of amides is 1. The van der Waals surface area contributed by atoms with E-state index in [2.05, 4.69) is 11.9 Å². The van der Waals surface area contributed by atoms with Gasteiger partial charge in [0.05, 0.1) is 13.2 Å². The molecule has 3 aliphatic carbocycles. The number of fused-ring (bicyclic) bond motifs is 5. The lowest BCUT2D eigenvalue weighted by Crippen LogP contribution is -2.32. The molecule has 0 aromatic rings. The molecule has 5 nitrogen and oxygen atoms in total. The van der Waals surface area contributed by atoms with E-state index in [1.165, 1.54) is 32.1 Å². The largest absolute Gasteiger partial charge is 0.460 e. The molecular formula is C18H27NO4. The van der Waals surface area contributed by atoms with Gasteiger partial charge in [0.25, 0.3) is 0 Å². The minimum atomic E-state index is -0.437. The van der Waals surface area contributed by atoms with E-state index >= 15 is 0 Å². The Morgan fingerprint density at radius 2 is 1.91 bits per heavy atom. The first kappa shape index (κ1) is 16.3. The van der Waals surface area contributed by atoms with Gasteiger partial charge < -0.3 is 14.8 Å². The summed E-state index contributed by atoms with van der Waals surface area (Å²) in [5, 5.41) is 2.62. The Morgan fingerprint density at radius 3 is 2.70 bits per heavy atom. The quantitative estimate of drug-likeness (QED) is 0.464. The summed E-state index contributed by atoms with van der Waals surface area (Å²) in [6.07, 6.45) is 6.35. The van der Waals surface area contributed by atoms with Gasteiger partial charge >= 0.3 is 12.1 Å². The van der Waals surface area contributed by atoms with Crippen LogP contribution in [0.1, 0.15) is 39.0 Å². The van der Waals surface area contributed by atoms with Crippen molar-refractivity contribution in [3.05, 3.63) is 12.2 Å². The van der Waals surface area contributed by atoms with Crippen molar-refractivity contribution in [2.45, 2.75) is 39.0 Å². The number of carbonyl (C=O) groups is 2. The summed E-state index contributed by atoms with van der Waals surface area (Å²) in [7, 11) is 0. The van der Waals surface area contributed by atoms with E-state index in [4.69, 9.17) is 9.47 Å². The van der Waals surface area contributed by atoms with Gasteiger partial charge in [-0.2, -0.15) is 0 Å². The topological polar surface area (TPSA) is 64.6 Å². The van der Waals surface area contributed by atoms with E-state index in [-0.39, 0.29) is 13.2 Å². The third kappa shape index (κ3) is 3.54. The second kappa shape index (κ2) is 6.93. The molecule has 0 spiro atoms. The molecule has 0 heterocycles. The zero-order valence-corrected chi connectivity index (χ0v) is 13.9. The Balaban J connectivity index is 1.31. The molecule has 1 N–H and O–H groups in total. The van der Waals surface area contributed by atoms with Crippen LogP contribution < -0.4 is 5.32 Å². The van der Waals surface area contributed by atoms with Gasteiger partial charge in [-0.05, 0) is 62.2 Å². The fourth-order valence-electron chi connectivity index (χ4n) is 5.06. The Morgan fingerprint density at radius 1 is 1.13 bits per heavy atom. The fourth-order valence-corrected chi connectivity index (χ4v) is 5.06. The van der Waals surface area contributed by atoms with E-state index < -0.39 is 12.1 Å². The number of nitrogens with one attached hydrogen (secondary N) is 1. The number of ether oxygens (including phenoxy) is 2. The highest BCUT2D eigenvalue weighted by Gasteiger charge is 2.53. The SMILES string of the molecule is C=C(C)C(=O)OCCNC(=O)OCC1CC2CC1C1CCCC21. The lowest BCUT2D eigenvalue weighted by atomic mass is 9.76. The minimum absolute atomic E-state index is 0.138. The lowest BCUT2D eigenvalue weighted by Gasteiger charge is -2.31. The van der Waals surface area contributed by atoms with E-state index in [1.807, 2.05) is 0 Å². The maximum Gasteiger partial charge on any atom is 0.407 e. The highest BCUT2D eigenvalue weighted by molar-refractivity contribution is 5.86. The molecule has 0 aromatic carbocycles. The molecule has 5 atom stereocenters. The molecular weight excluding hydrogens is 294 g/mol. The Labute approximate surface area is 137 Å². The minimum Gasteiger partial charge on any atom is -0.460 e. The Kier molecular flexibility index (Phi) is 4.93. The van der Waals surface area contributed by atoms with Crippen LogP contribution in [-0.2, 0) is 14.3 Å². The van der Waals surface area contributed by atoms with Crippen LogP contribution >= 0.6 is 0 Å². The molecule has 23 heavy (non-hydrogen) atoms. The third-order valence-corrected chi connectivity index (χ3v) is 5.95. The van der Waals surface area contributed by atoms with Crippen LogP contribution in [0, 0.1) is 29.6 Å². The number of alkyl carbamates (subject to hydrolysis) is 1. The fraction of sp³-hybridized carbons (Fsp3) is 0.778. The first-order valence-corrected chi connectivity index (χ1v) is 8.79. The smallest absolute Gasteiger partial charge is 0.407 e. The van der Waals surface area contributed by atoms with Gasteiger partial charge in [0, 0.05) is 5.57 Å². The van der Waals surface area contributed by atoms with Gasteiger partial charge in [-0.1, -0.05) is 13.0 Å². The highest BCUT2D eigenvalue weighted by atomic mass is 16.6. The molecule has 0 aliphatic heterocycles. The number of carbonyl (C=O) groups excluding carboxylic acids is 2. The van der Waals surface area contributed by atoms with Crippen molar-refractivity contribution in [3.8, 4) is 0 Å². The molecule has 1 amide bonds. The number of hydrogen-bond donors (Lipinski definition) is 1. The first-order valence-electron chi connectivity index (χ1n) is 8.79. The summed E-state index contributed by atoms with van der Waals surface area (Å²) in [5.74, 6) is 3.63. The lowest BCUT2D eigenvalue weighted by molar-refractivity contribution is -0.138. The summed E-state index contributed by atoms with van der Waals surface area (Å²) in [5.41, 5.74) is 0.356. The molecule has 128 valence electrons. The maximum atomic E-state index is 11.7. The van der Waals surface area contributed by atoms with Crippen LogP contribution in [0.4, 0.5) is 4.79 Å². The van der Waals surface area contributed by atoms with Crippen molar-refractivity contribution in [1.29, 1.82) is 0 Å². The van der Waals surface area contributed by atoms with Gasteiger partial charge in [-0.3, -0.25) is 0 Å². The monoisotopic (exact) mass is 321 g/mol. The molecule has 3 fully saturated rings. The van der Waals surface area contributed by atoms with Crippen LogP contribution in [-0.4, -0.2) is 31.8 Å². The highest BCUT2D eigenvalue weighted by Crippen LogP contribution is 2.60. The van der Waals surface area contributed by atoms with Crippen molar-refractivity contribution < 1.29 is 19.1 Å². The first-order chi connectivity index (χ1) is 11.1. The molecule has 3 rings (SSSR count). The normalized spacial score (nSPS) is 34.0. The average molecular weight is 321 g/mol. The van der Waals surface area contributed by atoms with Crippen LogP contribution in [0.15, 0.2) is 12.2 Å². The molecule has 3 saturated carbocycles. The second-order valence-corrected chi connectivity index (χ2v) is 7.36. The van der Waals surface area contributed by atoms with Crippen molar-refractivity contribution in [1.82, 2.24) is 5.32 Å². The Bertz CT molecular complexity index is 489. The van der Waals surface area contributed by atoms with Gasteiger partial charge in [-0.15, -0.1) is 0 Å². The van der Waals surface area contributed by atoms with E-state index in [9.17, 15) is 9.59 Å². The third-order valence-electron chi connectivity index (χ3n) is 5.95. The van der Waals surface area contributed by atoms with Crippen LogP contribution in [0.2, 0.25) is 0 Å². The van der Waals surface area contributed by atoms with E-state index in [0.717, 1.165) is 23.7 Å². The van der Waals surface area contributed by atoms with Crippen LogP contribution in [0.25, 0.3) is 0 Å². The van der Waals surface area contributed by atoms with Crippen molar-refractivity contribution >= 4 is 12.1 Å². The number of hydrogen-bond acceptors (Lipinski definition) is 4. The molecule has 0 radical (unpaired) electrons. The Hall–Kier alpha value is -1.52. The molecule has 5 unspecified atom stereocenters. The van der Waals surface area contributed by atoms with Crippen molar-refractivity contribution in [2.24, 2.45) is 29.6 Å². The number of rotatable bonds is 6. The maximum absolute atomic E-state index is 11.7. The summed E-state index contributed by atoms with van der Waals surface area (Å²) in [4.78, 5) is 22.9. The summed E-state index contributed by atoms with van der Waals surface area (Å²) in [6.45, 7) is 6.02. The molecule has 5 heteroatoms. The standard InChI is InChI=1S/C18H27NO4/c1-11(2)17(20)22-7-6-19-18(21)23-10-13-8-12-9-16(13)15-5-3-4-14(12)15/h12-16H,1,3-10H2,2H3,(H,19,21). The van der Waals surface area contributed by atoms with E-state index in [0.29, 0.717) is 18.1 Å². The average Bonchev–Trinajstić information content (AvgIpc) is 3.20. The zero-order chi connectivity index (χ0) is 16.4. The number of esters is 1. The second-order valence-electron chi connectivity index (χ2n) is 7.36. The summed E-state index contributed by atoms with van der Waals surface area (Å²) < 4.78 is 10.3. The molecule has 0 saturated heterocycles. The van der Waals surface area contributed by atoms with Crippen molar-refractivity contribution in [2.75, 3.05) is 19.8 Å². The van der Waals surface area contributed by atoms with Crippen LogP contribution in [0.3, 0.4) is 0 Å². The van der Waals surface area contributed by atoms with E-state index in [1.54, 1.807) is 6.92 Å². The summed E-state index contributed by atoms with van der Waals surface area (Å²) >= 11 is 0. The van der Waals surface area contributed by atoms with Gasteiger partial charge in [0.15, 0.2) is 0 Å². The van der Waals surface area contributed by atoms with Gasteiger partial charge in [-0.25, -0.2) is 9.59 Å². The summed E-state index contributed by atoms with van der Waals surface area (Å²) in [6, 6.07) is 0. The molecule has 3 aliphatic rings. The predicted molar refractivity (Wildman–Crippen MR) is 85.7 cm³/mol. The van der Waals surface area contributed by atoms with Crippen LogP contribution in [0.5, 0.6) is 0 Å².